The lowest BCUT2D eigenvalue weighted by Crippen LogP contribution is -2.31. The Labute approximate surface area is 163 Å². The molecule has 0 fully saturated rings. The van der Waals surface area contributed by atoms with E-state index in [1.54, 1.807) is 49.5 Å². The number of carbonyl (C=O) groups excluding carboxylic acids is 1. The number of halogens is 1. The number of amides is 2. The number of aromatic amines is 1. The number of carbonyl (C=O) groups is 1. The fourth-order valence-electron chi connectivity index (χ4n) is 2.85. The lowest BCUT2D eigenvalue weighted by molar-refractivity contribution is 0.245. The molecule has 0 saturated heterocycles. The average Bonchev–Trinajstić information content (AvgIpc) is 3.18. The summed E-state index contributed by atoms with van der Waals surface area (Å²) in [4.78, 5) is 30.8. The topological polar surface area (TPSA) is 113 Å². The molecule has 0 aliphatic rings. The van der Waals surface area contributed by atoms with Crippen molar-refractivity contribution in [3.63, 3.8) is 0 Å². The van der Waals surface area contributed by atoms with Crippen LogP contribution in [0.25, 0.3) is 22.2 Å². The van der Waals surface area contributed by atoms with E-state index in [0.29, 0.717) is 22.0 Å². The third-order valence-corrected chi connectivity index (χ3v) is 4.27. The summed E-state index contributed by atoms with van der Waals surface area (Å²) in [5, 5.41) is 10.5. The van der Waals surface area contributed by atoms with Crippen LogP contribution in [-0.2, 0) is 0 Å². The van der Waals surface area contributed by atoms with E-state index in [-0.39, 0.29) is 17.3 Å². The van der Waals surface area contributed by atoms with Crippen LogP contribution in [0.4, 0.5) is 14.9 Å². The number of pyridine rings is 1. The molecule has 0 spiro atoms. The Kier molecular flexibility index (Phi) is 4.78. The number of fused-ring (bicyclic) bond motifs is 1. The molecule has 0 radical (unpaired) electrons. The van der Waals surface area contributed by atoms with Crippen LogP contribution in [0.5, 0.6) is 0 Å². The summed E-state index contributed by atoms with van der Waals surface area (Å²) < 4.78 is 18.5. The Morgan fingerprint density at radius 3 is 2.90 bits per heavy atom. The molecule has 4 aromatic rings. The Hall–Kier alpha value is -4.01. The standard InChI is InChI=1S/C20H16FN5O3/c1-11(19-25-17(26-29-19)13-3-2-4-14(21)9-13)23-20(28)24-15-5-6-16-12(10-15)7-8-22-18(16)27/h2-11H,1H3,(H,22,27)(H2,23,24,28). The second-order valence-electron chi connectivity index (χ2n) is 6.40. The maximum atomic E-state index is 13.3. The number of anilines is 1. The molecule has 0 saturated carbocycles. The normalized spacial score (nSPS) is 11.9. The van der Waals surface area contributed by atoms with E-state index in [1.807, 2.05) is 0 Å². The van der Waals surface area contributed by atoms with Crippen LogP contribution in [-0.4, -0.2) is 21.2 Å². The zero-order chi connectivity index (χ0) is 20.4. The molecule has 0 aliphatic carbocycles. The van der Waals surface area contributed by atoms with Gasteiger partial charge in [0.2, 0.25) is 11.7 Å². The highest BCUT2D eigenvalue weighted by Gasteiger charge is 2.18. The third-order valence-electron chi connectivity index (χ3n) is 4.27. The van der Waals surface area contributed by atoms with Crippen molar-refractivity contribution in [1.29, 1.82) is 0 Å². The number of urea groups is 1. The van der Waals surface area contributed by atoms with E-state index in [0.717, 1.165) is 0 Å². The summed E-state index contributed by atoms with van der Waals surface area (Å²) in [7, 11) is 0. The number of hydrogen-bond acceptors (Lipinski definition) is 5. The van der Waals surface area contributed by atoms with E-state index in [9.17, 15) is 14.0 Å². The van der Waals surface area contributed by atoms with Crippen molar-refractivity contribution in [1.82, 2.24) is 20.4 Å². The molecular weight excluding hydrogens is 377 g/mol. The van der Waals surface area contributed by atoms with Gasteiger partial charge in [0.15, 0.2) is 0 Å². The van der Waals surface area contributed by atoms with Crippen LogP contribution >= 0.6 is 0 Å². The van der Waals surface area contributed by atoms with Gasteiger partial charge in [-0.1, -0.05) is 17.3 Å². The van der Waals surface area contributed by atoms with Crippen LogP contribution in [0.3, 0.4) is 0 Å². The molecule has 1 atom stereocenters. The first-order chi connectivity index (χ1) is 14.0. The van der Waals surface area contributed by atoms with Gasteiger partial charge in [-0.25, -0.2) is 9.18 Å². The maximum absolute atomic E-state index is 13.3. The average molecular weight is 393 g/mol. The van der Waals surface area contributed by atoms with Gasteiger partial charge < -0.3 is 20.1 Å². The minimum Gasteiger partial charge on any atom is -0.337 e. The van der Waals surface area contributed by atoms with Gasteiger partial charge in [0.1, 0.15) is 11.9 Å². The second kappa shape index (κ2) is 7.55. The highest BCUT2D eigenvalue weighted by atomic mass is 19.1. The van der Waals surface area contributed by atoms with Crippen molar-refractivity contribution in [2.75, 3.05) is 5.32 Å². The number of nitrogens with zero attached hydrogens (tertiary/aromatic N) is 2. The van der Waals surface area contributed by atoms with Crippen molar-refractivity contribution in [2.24, 2.45) is 0 Å². The number of nitrogens with one attached hydrogen (secondary N) is 3. The number of hydrogen-bond donors (Lipinski definition) is 3. The SMILES string of the molecule is CC(NC(=O)Nc1ccc2c(=O)[nH]ccc2c1)c1nc(-c2cccc(F)c2)no1. The molecule has 1 unspecified atom stereocenters. The molecule has 0 aliphatic heterocycles. The first-order valence-corrected chi connectivity index (χ1v) is 8.78. The summed E-state index contributed by atoms with van der Waals surface area (Å²) in [5.41, 5.74) is 0.805. The van der Waals surface area contributed by atoms with E-state index < -0.39 is 17.9 Å². The Morgan fingerprint density at radius 1 is 1.21 bits per heavy atom. The van der Waals surface area contributed by atoms with Crippen molar-refractivity contribution >= 4 is 22.5 Å². The van der Waals surface area contributed by atoms with Gasteiger partial charge in [0.25, 0.3) is 5.56 Å². The smallest absolute Gasteiger partial charge is 0.319 e. The molecule has 2 aromatic carbocycles. The van der Waals surface area contributed by atoms with Crippen LogP contribution in [0.2, 0.25) is 0 Å². The number of rotatable bonds is 4. The van der Waals surface area contributed by atoms with Crippen molar-refractivity contribution in [3.05, 3.63) is 76.8 Å². The van der Waals surface area contributed by atoms with Crippen LogP contribution in [0.15, 0.2) is 64.0 Å². The molecule has 2 heterocycles. The fraction of sp³-hybridized carbons (Fsp3) is 0.100. The zero-order valence-electron chi connectivity index (χ0n) is 15.3. The second-order valence-corrected chi connectivity index (χ2v) is 6.40. The summed E-state index contributed by atoms with van der Waals surface area (Å²) >= 11 is 0. The Morgan fingerprint density at radius 2 is 2.07 bits per heavy atom. The van der Waals surface area contributed by atoms with E-state index in [2.05, 4.69) is 25.8 Å². The summed E-state index contributed by atoms with van der Waals surface area (Å²) in [6, 6.07) is 11.5. The van der Waals surface area contributed by atoms with Gasteiger partial charge >= 0.3 is 6.03 Å². The van der Waals surface area contributed by atoms with Crippen molar-refractivity contribution < 1.29 is 13.7 Å². The molecule has 0 bridgehead atoms. The maximum Gasteiger partial charge on any atom is 0.319 e. The van der Waals surface area contributed by atoms with Crippen molar-refractivity contribution in [3.8, 4) is 11.4 Å². The van der Waals surface area contributed by atoms with Gasteiger partial charge in [0.05, 0.1) is 0 Å². The predicted molar refractivity (Wildman–Crippen MR) is 105 cm³/mol. The van der Waals surface area contributed by atoms with Gasteiger partial charge in [-0.05, 0) is 48.7 Å². The first kappa shape index (κ1) is 18.4. The van der Waals surface area contributed by atoms with E-state index in [4.69, 9.17) is 4.52 Å². The quantitative estimate of drug-likeness (QED) is 0.490. The monoisotopic (exact) mass is 393 g/mol. The van der Waals surface area contributed by atoms with Crippen LogP contribution in [0, 0.1) is 5.82 Å². The predicted octanol–water partition coefficient (Wildman–Crippen LogP) is 3.60. The molecule has 2 aromatic heterocycles. The van der Waals surface area contributed by atoms with Gasteiger partial charge in [0, 0.05) is 22.8 Å². The number of H-pyrrole nitrogens is 1. The Bertz CT molecular complexity index is 1250. The molecule has 9 heteroatoms. The largest absolute Gasteiger partial charge is 0.337 e. The fourth-order valence-corrected chi connectivity index (χ4v) is 2.85. The third kappa shape index (κ3) is 3.98. The van der Waals surface area contributed by atoms with Crippen LogP contribution < -0.4 is 16.2 Å². The molecule has 4 rings (SSSR count). The Balaban J connectivity index is 1.44. The molecule has 2 amide bonds. The molecule has 8 nitrogen and oxygen atoms in total. The number of aromatic nitrogens is 3. The summed E-state index contributed by atoms with van der Waals surface area (Å²) in [6.45, 7) is 1.68. The van der Waals surface area contributed by atoms with Gasteiger partial charge in [-0.3, -0.25) is 4.79 Å². The molecular formula is C20H16FN5O3. The van der Waals surface area contributed by atoms with Gasteiger partial charge in [-0.15, -0.1) is 0 Å². The molecule has 29 heavy (non-hydrogen) atoms. The minimum atomic E-state index is -0.576. The van der Waals surface area contributed by atoms with E-state index >= 15 is 0 Å². The van der Waals surface area contributed by atoms with Gasteiger partial charge in [-0.2, -0.15) is 4.98 Å². The van der Waals surface area contributed by atoms with E-state index in [1.165, 1.54) is 12.1 Å². The summed E-state index contributed by atoms with van der Waals surface area (Å²) in [6.07, 6.45) is 1.54. The first-order valence-electron chi connectivity index (χ1n) is 8.78. The lowest BCUT2D eigenvalue weighted by atomic mass is 10.1. The minimum absolute atomic E-state index is 0.185. The highest BCUT2D eigenvalue weighted by Crippen LogP contribution is 2.20. The van der Waals surface area contributed by atoms with Crippen LogP contribution in [0.1, 0.15) is 18.9 Å². The summed E-state index contributed by atoms with van der Waals surface area (Å²) in [5.74, 6) is 0.00884. The lowest BCUT2D eigenvalue weighted by Gasteiger charge is -2.11. The molecule has 3 N–H and O–H groups in total. The highest BCUT2D eigenvalue weighted by molar-refractivity contribution is 5.93. The zero-order valence-corrected chi connectivity index (χ0v) is 15.3. The molecule has 146 valence electrons. The number of benzene rings is 2. The van der Waals surface area contributed by atoms with Crippen molar-refractivity contribution in [2.45, 2.75) is 13.0 Å².